The molecule has 0 atom stereocenters. The van der Waals surface area contributed by atoms with Gasteiger partial charge in [0, 0.05) is 6.04 Å². The van der Waals surface area contributed by atoms with Crippen LogP contribution in [0.2, 0.25) is 0 Å². The van der Waals surface area contributed by atoms with Gasteiger partial charge < -0.3 is 4.74 Å². The van der Waals surface area contributed by atoms with Gasteiger partial charge in [0.25, 0.3) is 0 Å². The van der Waals surface area contributed by atoms with Gasteiger partial charge in [-0.1, -0.05) is 0 Å². The maximum atomic E-state index is 11.3. The highest BCUT2D eigenvalue weighted by Gasteiger charge is 2.20. The first kappa shape index (κ1) is 13.2. The van der Waals surface area contributed by atoms with Crippen molar-refractivity contribution in [3.05, 3.63) is 0 Å². The Hall–Kier alpha value is -0.770. The van der Waals surface area contributed by atoms with Crippen molar-refractivity contribution in [1.29, 1.82) is 0 Å². The van der Waals surface area contributed by atoms with Gasteiger partial charge in [0.1, 0.15) is 0 Å². The van der Waals surface area contributed by atoms with E-state index in [0.29, 0.717) is 6.61 Å². The molecule has 0 spiro atoms. The van der Waals surface area contributed by atoms with Crippen molar-refractivity contribution in [2.24, 2.45) is 0 Å². The van der Waals surface area contributed by atoms with Gasteiger partial charge in [-0.05, 0) is 20.8 Å². The van der Waals surface area contributed by atoms with E-state index in [0.717, 1.165) is 0 Å². The van der Waals surface area contributed by atoms with Gasteiger partial charge in [-0.15, -0.1) is 11.6 Å². The third-order valence-electron chi connectivity index (χ3n) is 1.62. The Morgan fingerprint density at radius 1 is 1.43 bits per heavy atom. The summed E-state index contributed by atoms with van der Waals surface area (Å²) in [4.78, 5) is 23.8. The monoisotopic (exact) mass is 221 g/mol. The third kappa shape index (κ3) is 4.46. The Morgan fingerprint density at radius 3 is 2.36 bits per heavy atom. The van der Waals surface area contributed by atoms with E-state index in [4.69, 9.17) is 16.3 Å². The number of Topliss-reactive ketones (excluding diaryl/α,β-unsaturated/α-hetero) is 1. The molecule has 0 unspecified atom stereocenters. The SMILES string of the molecule is CCOC(=O)N(CC(=O)CCl)C(C)C. The first-order valence-corrected chi connectivity index (χ1v) is 5.07. The summed E-state index contributed by atoms with van der Waals surface area (Å²) in [5.74, 6) is -0.267. The molecule has 0 aromatic rings. The summed E-state index contributed by atoms with van der Waals surface area (Å²) in [6, 6.07) is -0.0683. The Labute approximate surface area is 89.2 Å². The lowest BCUT2D eigenvalue weighted by molar-refractivity contribution is -0.118. The average Bonchev–Trinajstić information content (AvgIpc) is 2.13. The highest BCUT2D eigenvalue weighted by molar-refractivity contribution is 6.28. The minimum absolute atomic E-state index is 0.0139. The van der Waals surface area contributed by atoms with Crippen LogP contribution in [0.25, 0.3) is 0 Å². The lowest BCUT2D eigenvalue weighted by Crippen LogP contribution is -2.41. The number of nitrogens with zero attached hydrogens (tertiary/aromatic N) is 1. The number of ketones is 1. The van der Waals surface area contributed by atoms with Crippen LogP contribution in [0.4, 0.5) is 4.79 Å². The molecule has 0 N–H and O–H groups in total. The largest absolute Gasteiger partial charge is 0.450 e. The molecule has 0 rings (SSSR count). The van der Waals surface area contributed by atoms with Crippen molar-refractivity contribution in [2.75, 3.05) is 19.0 Å². The van der Waals surface area contributed by atoms with Crippen LogP contribution >= 0.6 is 11.6 Å². The van der Waals surface area contributed by atoms with Crippen LogP contribution in [0, 0.1) is 0 Å². The molecular formula is C9H16ClNO3. The normalized spacial score (nSPS) is 10.1. The van der Waals surface area contributed by atoms with E-state index in [2.05, 4.69) is 0 Å². The lowest BCUT2D eigenvalue weighted by Gasteiger charge is -2.24. The van der Waals surface area contributed by atoms with Crippen molar-refractivity contribution in [1.82, 2.24) is 4.90 Å². The predicted octanol–water partition coefficient (Wildman–Crippen LogP) is 1.66. The van der Waals surface area contributed by atoms with Gasteiger partial charge in [0.05, 0.1) is 19.0 Å². The van der Waals surface area contributed by atoms with Gasteiger partial charge in [-0.2, -0.15) is 0 Å². The van der Waals surface area contributed by atoms with Crippen LogP contribution < -0.4 is 0 Å². The molecule has 0 radical (unpaired) electrons. The number of hydrogen-bond acceptors (Lipinski definition) is 3. The molecular weight excluding hydrogens is 206 g/mol. The van der Waals surface area contributed by atoms with E-state index in [1.54, 1.807) is 6.92 Å². The van der Waals surface area contributed by atoms with Crippen molar-refractivity contribution >= 4 is 23.5 Å². The molecule has 14 heavy (non-hydrogen) atoms. The molecule has 5 heteroatoms. The highest BCUT2D eigenvalue weighted by atomic mass is 35.5. The first-order chi connectivity index (χ1) is 6.52. The van der Waals surface area contributed by atoms with E-state index >= 15 is 0 Å². The van der Waals surface area contributed by atoms with Crippen LogP contribution in [-0.2, 0) is 9.53 Å². The molecule has 4 nitrogen and oxygen atoms in total. The number of ether oxygens (including phenoxy) is 1. The molecule has 1 amide bonds. The van der Waals surface area contributed by atoms with Gasteiger partial charge in [0.2, 0.25) is 0 Å². The fraction of sp³-hybridized carbons (Fsp3) is 0.778. The summed E-state index contributed by atoms with van der Waals surface area (Å²) in [5.41, 5.74) is 0. The number of alkyl halides is 1. The molecule has 0 aromatic heterocycles. The number of amides is 1. The number of rotatable bonds is 5. The van der Waals surface area contributed by atoms with Crippen molar-refractivity contribution in [3.63, 3.8) is 0 Å². The second-order valence-corrected chi connectivity index (χ2v) is 3.36. The minimum atomic E-state index is -0.471. The van der Waals surface area contributed by atoms with Crippen LogP contribution in [0.1, 0.15) is 20.8 Å². The fourth-order valence-corrected chi connectivity index (χ4v) is 0.981. The Kier molecular flexibility index (Phi) is 6.28. The molecule has 0 aliphatic heterocycles. The topological polar surface area (TPSA) is 46.6 Å². The molecule has 0 fully saturated rings. The zero-order valence-electron chi connectivity index (χ0n) is 8.75. The second-order valence-electron chi connectivity index (χ2n) is 3.09. The van der Waals surface area contributed by atoms with E-state index in [1.165, 1.54) is 4.90 Å². The summed E-state index contributed by atoms with van der Waals surface area (Å²) < 4.78 is 4.80. The molecule has 0 saturated carbocycles. The zero-order chi connectivity index (χ0) is 11.1. The maximum Gasteiger partial charge on any atom is 0.410 e. The Morgan fingerprint density at radius 2 is 2.00 bits per heavy atom. The molecule has 82 valence electrons. The summed E-state index contributed by atoms with van der Waals surface area (Å²) in [5, 5.41) is 0. The quantitative estimate of drug-likeness (QED) is 0.664. The lowest BCUT2D eigenvalue weighted by atomic mass is 10.3. The molecule has 0 aliphatic rings. The molecule has 0 aromatic carbocycles. The van der Waals surface area contributed by atoms with E-state index < -0.39 is 6.09 Å². The summed E-state index contributed by atoms with van der Waals surface area (Å²) in [7, 11) is 0. The highest BCUT2D eigenvalue weighted by Crippen LogP contribution is 2.02. The number of carbonyl (C=O) groups excluding carboxylic acids is 2. The summed E-state index contributed by atoms with van der Waals surface area (Å²) in [6.07, 6.45) is -0.471. The van der Waals surface area contributed by atoms with E-state index in [9.17, 15) is 9.59 Å². The second kappa shape index (κ2) is 6.65. The van der Waals surface area contributed by atoms with Crippen molar-refractivity contribution in [3.8, 4) is 0 Å². The predicted molar refractivity (Wildman–Crippen MR) is 54.6 cm³/mol. The van der Waals surface area contributed by atoms with Crippen molar-refractivity contribution in [2.45, 2.75) is 26.8 Å². The van der Waals surface area contributed by atoms with E-state index in [1.807, 2.05) is 13.8 Å². The van der Waals surface area contributed by atoms with Gasteiger partial charge in [-0.3, -0.25) is 9.69 Å². The third-order valence-corrected chi connectivity index (χ3v) is 1.92. The Bertz CT molecular complexity index is 206. The molecule has 0 bridgehead atoms. The molecule has 0 heterocycles. The average molecular weight is 222 g/mol. The van der Waals surface area contributed by atoms with Crippen molar-refractivity contribution < 1.29 is 14.3 Å². The fourth-order valence-electron chi connectivity index (χ4n) is 0.897. The molecule has 0 saturated heterocycles. The van der Waals surface area contributed by atoms with Gasteiger partial charge in [0.15, 0.2) is 5.78 Å². The molecule has 0 aliphatic carbocycles. The van der Waals surface area contributed by atoms with Crippen LogP contribution in [0.15, 0.2) is 0 Å². The minimum Gasteiger partial charge on any atom is -0.450 e. The summed E-state index contributed by atoms with van der Waals surface area (Å²) >= 11 is 5.35. The zero-order valence-corrected chi connectivity index (χ0v) is 9.50. The van der Waals surface area contributed by atoms with Gasteiger partial charge >= 0.3 is 6.09 Å². The standard InChI is InChI=1S/C9H16ClNO3/c1-4-14-9(13)11(7(2)3)6-8(12)5-10/h7H,4-6H2,1-3H3. The summed E-state index contributed by atoms with van der Waals surface area (Å²) in [6.45, 7) is 5.67. The van der Waals surface area contributed by atoms with Crippen LogP contribution in [0.5, 0.6) is 0 Å². The van der Waals surface area contributed by atoms with Crippen LogP contribution in [-0.4, -0.2) is 41.8 Å². The maximum absolute atomic E-state index is 11.3. The van der Waals surface area contributed by atoms with Crippen LogP contribution in [0.3, 0.4) is 0 Å². The smallest absolute Gasteiger partial charge is 0.410 e. The number of carbonyl (C=O) groups is 2. The van der Waals surface area contributed by atoms with E-state index in [-0.39, 0.29) is 24.2 Å². The first-order valence-electron chi connectivity index (χ1n) is 4.54. The number of hydrogen-bond donors (Lipinski definition) is 0. The van der Waals surface area contributed by atoms with Gasteiger partial charge in [-0.25, -0.2) is 4.79 Å². The Balaban J connectivity index is 4.29. The number of halogens is 1.